The van der Waals surface area contributed by atoms with Crippen LogP contribution >= 0.6 is 15.9 Å². The average molecular weight is 484 g/mol. The maximum Gasteiger partial charge on any atom is 0.263 e. The van der Waals surface area contributed by atoms with Gasteiger partial charge in [0.25, 0.3) is 5.91 Å². The van der Waals surface area contributed by atoms with E-state index in [4.69, 9.17) is 15.5 Å². The van der Waals surface area contributed by atoms with Crippen LogP contribution in [0, 0.1) is 5.41 Å². The third-order valence-corrected chi connectivity index (χ3v) is 7.94. The largest absolute Gasteiger partial charge is 0.381 e. The monoisotopic (exact) mass is 483 g/mol. The zero-order valence-corrected chi connectivity index (χ0v) is 19.3. The molecule has 1 fully saturated rings. The minimum absolute atomic E-state index is 0.0594. The summed E-state index contributed by atoms with van der Waals surface area (Å²) in [7, 11) is 1.76. The second-order valence-electron chi connectivity index (χ2n) is 8.87. The Kier molecular flexibility index (Phi) is 4.90. The molecule has 3 aliphatic rings. The number of ether oxygens (including phenoxy) is 1. The predicted octanol–water partition coefficient (Wildman–Crippen LogP) is 3.48. The molecule has 2 N–H and O–H groups in total. The summed E-state index contributed by atoms with van der Waals surface area (Å²) >= 11 is 3.60. The van der Waals surface area contributed by atoms with Crippen LogP contribution in [0.15, 0.2) is 46.0 Å². The number of nitrogens with zero attached hydrogens (tertiary/aromatic N) is 4. The van der Waals surface area contributed by atoms with Crippen molar-refractivity contribution in [2.24, 2.45) is 16.1 Å². The Morgan fingerprint density at radius 3 is 2.74 bits per heavy atom. The molecule has 0 radical (unpaired) electrons. The molecule has 2 atom stereocenters. The van der Waals surface area contributed by atoms with Gasteiger partial charge in [0.15, 0.2) is 11.5 Å². The van der Waals surface area contributed by atoms with Gasteiger partial charge in [0, 0.05) is 23.2 Å². The molecule has 1 amide bonds. The molecule has 2 spiro atoms. The van der Waals surface area contributed by atoms with Gasteiger partial charge >= 0.3 is 0 Å². The lowest BCUT2D eigenvalue weighted by atomic mass is 9.61. The van der Waals surface area contributed by atoms with E-state index < -0.39 is 5.54 Å². The Labute approximate surface area is 190 Å². The second-order valence-corrected chi connectivity index (χ2v) is 9.79. The van der Waals surface area contributed by atoms with E-state index in [0.717, 1.165) is 42.1 Å². The Hall–Kier alpha value is -2.32. The van der Waals surface area contributed by atoms with Crippen LogP contribution in [0.5, 0.6) is 0 Å². The topological polar surface area (TPSA) is 93.7 Å². The van der Waals surface area contributed by atoms with E-state index in [1.807, 2.05) is 25.1 Å². The Balaban J connectivity index is 1.63. The van der Waals surface area contributed by atoms with Gasteiger partial charge in [-0.1, -0.05) is 22.0 Å². The molecule has 8 heteroatoms. The number of amides is 1. The van der Waals surface area contributed by atoms with Crippen molar-refractivity contribution in [2.75, 3.05) is 7.11 Å². The number of methoxy groups -OCH3 is 1. The standard InChI is InChI=1S/C23H26BrN5O2/c1-14(19-4-3-11-26-28-19)29-20(30)23(27-21(29)25)18-12-16(24)6-5-15(18)13-22(23)9-7-17(31-2)8-10-22/h3-6,11-12,14,17H,7-10,13H2,1-2H3,(H2,25,27). The zero-order valence-electron chi connectivity index (χ0n) is 17.7. The predicted molar refractivity (Wildman–Crippen MR) is 120 cm³/mol. The Morgan fingerprint density at radius 1 is 1.29 bits per heavy atom. The molecule has 31 heavy (non-hydrogen) atoms. The molecule has 2 unspecified atom stereocenters. The molecule has 162 valence electrons. The molecule has 0 bridgehead atoms. The van der Waals surface area contributed by atoms with E-state index in [1.165, 1.54) is 5.56 Å². The van der Waals surface area contributed by atoms with Crippen molar-refractivity contribution in [2.45, 2.75) is 56.7 Å². The number of nitrogens with two attached hydrogens (primary N) is 1. The van der Waals surface area contributed by atoms with Crippen LogP contribution < -0.4 is 5.73 Å². The van der Waals surface area contributed by atoms with Gasteiger partial charge in [-0.3, -0.25) is 9.69 Å². The molecule has 1 aliphatic heterocycles. The molecule has 1 aromatic carbocycles. The lowest BCUT2D eigenvalue weighted by Gasteiger charge is -2.45. The smallest absolute Gasteiger partial charge is 0.263 e. The molecular weight excluding hydrogens is 458 g/mol. The van der Waals surface area contributed by atoms with E-state index in [2.05, 4.69) is 38.3 Å². The number of benzene rings is 1. The summed E-state index contributed by atoms with van der Waals surface area (Å²) in [4.78, 5) is 20.9. The third-order valence-electron chi connectivity index (χ3n) is 7.45. The number of fused-ring (bicyclic) bond motifs is 3. The number of guanidine groups is 1. The van der Waals surface area contributed by atoms with Crippen LogP contribution in [0.4, 0.5) is 0 Å². The first kappa shape index (κ1) is 20.6. The lowest BCUT2D eigenvalue weighted by molar-refractivity contribution is -0.139. The normalized spacial score (nSPS) is 30.7. The van der Waals surface area contributed by atoms with Gasteiger partial charge in [0.05, 0.1) is 17.8 Å². The molecule has 1 aromatic heterocycles. The van der Waals surface area contributed by atoms with Gasteiger partial charge in [-0.25, -0.2) is 4.99 Å². The number of hydrogen-bond donors (Lipinski definition) is 1. The molecule has 2 heterocycles. The summed E-state index contributed by atoms with van der Waals surface area (Å²) < 4.78 is 6.57. The van der Waals surface area contributed by atoms with E-state index in [-0.39, 0.29) is 29.4 Å². The van der Waals surface area contributed by atoms with Crippen molar-refractivity contribution < 1.29 is 9.53 Å². The summed E-state index contributed by atoms with van der Waals surface area (Å²) in [6.45, 7) is 1.93. The fraction of sp³-hybridized carbons (Fsp3) is 0.478. The van der Waals surface area contributed by atoms with Crippen molar-refractivity contribution >= 4 is 27.8 Å². The molecular formula is C23H26BrN5O2. The van der Waals surface area contributed by atoms with Crippen LogP contribution in [-0.4, -0.2) is 40.2 Å². The molecule has 7 nitrogen and oxygen atoms in total. The van der Waals surface area contributed by atoms with E-state index >= 15 is 0 Å². The van der Waals surface area contributed by atoms with Crippen LogP contribution in [-0.2, 0) is 21.5 Å². The molecule has 2 aromatic rings. The second kappa shape index (κ2) is 7.38. The number of carbonyl (C=O) groups excluding carboxylic acids is 1. The van der Waals surface area contributed by atoms with Crippen LogP contribution in [0.3, 0.4) is 0 Å². The minimum atomic E-state index is -1.01. The summed E-state index contributed by atoms with van der Waals surface area (Å²) in [5.41, 5.74) is 8.00. The van der Waals surface area contributed by atoms with Crippen molar-refractivity contribution in [3.05, 3.63) is 57.8 Å². The fourth-order valence-corrected chi connectivity index (χ4v) is 6.21. The Morgan fingerprint density at radius 2 is 2.06 bits per heavy atom. The maximum absolute atomic E-state index is 14.3. The summed E-state index contributed by atoms with van der Waals surface area (Å²) in [5.74, 6) is 0.195. The molecule has 1 saturated carbocycles. The van der Waals surface area contributed by atoms with Gasteiger partial charge in [0.2, 0.25) is 0 Å². The number of rotatable bonds is 3. The highest BCUT2D eigenvalue weighted by Gasteiger charge is 2.67. The van der Waals surface area contributed by atoms with Gasteiger partial charge in [-0.15, -0.1) is 0 Å². The van der Waals surface area contributed by atoms with Crippen molar-refractivity contribution in [3.8, 4) is 0 Å². The minimum Gasteiger partial charge on any atom is -0.381 e. The fourth-order valence-electron chi connectivity index (χ4n) is 5.85. The first-order chi connectivity index (χ1) is 14.9. The van der Waals surface area contributed by atoms with E-state index in [9.17, 15) is 4.79 Å². The quantitative estimate of drug-likeness (QED) is 0.720. The van der Waals surface area contributed by atoms with E-state index in [0.29, 0.717) is 5.69 Å². The highest BCUT2D eigenvalue weighted by atomic mass is 79.9. The average Bonchev–Trinajstić information content (AvgIpc) is 3.20. The van der Waals surface area contributed by atoms with Crippen molar-refractivity contribution in [1.82, 2.24) is 15.1 Å². The SMILES string of the molecule is COC1CCC2(CC1)Cc1ccc(Br)cc1C21N=C(N)N(C(C)c2cccnn2)C1=O. The van der Waals surface area contributed by atoms with Crippen LogP contribution in [0.2, 0.25) is 0 Å². The highest BCUT2D eigenvalue weighted by Crippen LogP contribution is 2.62. The van der Waals surface area contributed by atoms with Gasteiger partial charge in [0.1, 0.15) is 0 Å². The van der Waals surface area contributed by atoms with Gasteiger partial charge < -0.3 is 10.5 Å². The van der Waals surface area contributed by atoms with Crippen molar-refractivity contribution in [1.29, 1.82) is 0 Å². The lowest BCUT2D eigenvalue weighted by Crippen LogP contribution is -2.52. The van der Waals surface area contributed by atoms with Crippen molar-refractivity contribution in [3.63, 3.8) is 0 Å². The summed E-state index contributed by atoms with van der Waals surface area (Å²) in [6, 6.07) is 9.54. The number of aromatic nitrogens is 2. The first-order valence-electron chi connectivity index (χ1n) is 10.7. The zero-order chi connectivity index (χ0) is 21.8. The molecule has 2 aliphatic carbocycles. The first-order valence-corrected chi connectivity index (χ1v) is 11.5. The van der Waals surface area contributed by atoms with E-state index in [1.54, 1.807) is 18.2 Å². The highest BCUT2D eigenvalue weighted by molar-refractivity contribution is 9.10. The molecule has 0 saturated heterocycles. The number of aliphatic imine (C=N–C) groups is 1. The molecule has 5 rings (SSSR count). The van der Waals surface area contributed by atoms with Gasteiger partial charge in [-0.2, -0.15) is 10.2 Å². The van der Waals surface area contributed by atoms with Crippen LogP contribution in [0.1, 0.15) is 55.5 Å². The number of carbonyl (C=O) groups is 1. The summed E-state index contributed by atoms with van der Waals surface area (Å²) in [6.07, 6.45) is 6.23. The maximum atomic E-state index is 14.3. The van der Waals surface area contributed by atoms with Gasteiger partial charge in [-0.05, 0) is 74.4 Å². The third kappa shape index (κ3) is 2.88. The number of hydrogen-bond acceptors (Lipinski definition) is 6. The van der Waals surface area contributed by atoms with Crippen LogP contribution in [0.25, 0.3) is 0 Å². The Bertz CT molecular complexity index is 1050. The number of halogens is 1. The summed E-state index contributed by atoms with van der Waals surface area (Å²) in [5, 5.41) is 8.19.